The molecule has 0 radical (unpaired) electrons. The second-order valence-electron chi connectivity index (χ2n) is 9.46. The lowest BCUT2D eigenvalue weighted by Crippen LogP contribution is -2.58. The van der Waals surface area contributed by atoms with Crippen LogP contribution in [0.2, 0.25) is 5.02 Å². The predicted octanol–water partition coefficient (Wildman–Crippen LogP) is 5.94. The molecule has 2 aliphatic heterocycles. The quantitative estimate of drug-likeness (QED) is 0.375. The molecule has 0 aliphatic carbocycles. The van der Waals surface area contributed by atoms with Gasteiger partial charge < -0.3 is 4.90 Å². The van der Waals surface area contributed by atoms with E-state index in [0.29, 0.717) is 0 Å². The number of urea groups is 1. The van der Waals surface area contributed by atoms with Crippen LogP contribution < -0.4 is 0 Å². The van der Waals surface area contributed by atoms with Crippen LogP contribution in [0.4, 0.5) is 4.79 Å². The number of hydrogen-bond donors (Lipinski definition) is 0. The molecular weight excluding hydrogens is 502 g/mol. The van der Waals surface area contributed by atoms with Crippen LogP contribution in [0.25, 0.3) is 0 Å². The largest absolute Gasteiger partial charge is 0.335 e. The first-order chi connectivity index (χ1) is 18.2. The molecule has 2 unspecified atom stereocenters. The minimum Gasteiger partial charge on any atom is -0.307 e. The van der Waals surface area contributed by atoms with Gasteiger partial charge >= 0.3 is 6.03 Å². The second-order valence-corrected chi connectivity index (χ2v) is 11.1. The molecule has 37 heavy (non-hydrogen) atoms. The molecule has 1 aromatic heterocycles. The van der Waals surface area contributed by atoms with Gasteiger partial charge in [0.2, 0.25) is 0 Å². The van der Waals surface area contributed by atoms with Gasteiger partial charge in [-0.05, 0) is 35.7 Å². The van der Waals surface area contributed by atoms with E-state index in [1.54, 1.807) is 6.20 Å². The average Bonchev–Trinajstić information content (AvgIpc) is 3.44. The van der Waals surface area contributed by atoms with Gasteiger partial charge in [0.15, 0.2) is 0 Å². The van der Waals surface area contributed by atoms with Gasteiger partial charge in [0.05, 0.1) is 6.04 Å². The Labute approximate surface area is 229 Å². The van der Waals surface area contributed by atoms with Crippen molar-refractivity contribution in [3.8, 4) is 0 Å². The third-order valence-corrected chi connectivity index (χ3v) is 8.57. The van der Waals surface area contributed by atoms with E-state index in [9.17, 15) is 4.79 Å². The minimum atomic E-state index is 0.0224. The predicted molar refractivity (Wildman–Crippen MR) is 151 cm³/mol. The number of nitrogens with zero attached hydrogens (tertiary/aromatic N) is 5. The van der Waals surface area contributed by atoms with E-state index < -0.39 is 0 Å². The Morgan fingerprint density at radius 2 is 1.73 bits per heavy atom. The van der Waals surface area contributed by atoms with Crippen LogP contribution in [0, 0.1) is 0 Å². The summed E-state index contributed by atoms with van der Waals surface area (Å²) in [5, 5.41) is 5.02. The van der Waals surface area contributed by atoms with E-state index in [1.807, 2.05) is 46.1 Å². The van der Waals surface area contributed by atoms with Crippen LogP contribution in [0.1, 0.15) is 41.5 Å². The number of piperazine rings is 1. The normalized spacial score (nSPS) is 19.6. The van der Waals surface area contributed by atoms with E-state index in [0.717, 1.165) is 62.0 Å². The highest BCUT2D eigenvalue weighted by Crippen LogP contribution is 2.38. The molecule has 3 aromatic rings. The Hall–Kier alpha value is -2.58. The maximum absolute atomic E-state index is 13.9. The van der Waals surface area contributed by atoms with E-state index in [4.69, 9.17) is 11.6 Å². The molecular formula is C29H34ClN5OS. The maximum atomic E-state index is 13.9. The molecule has 0 N–H and O–H groups in total. The standard InChI is InChI=1S/C29H34ClN5OS/c1-2-15-35(29(36)34-20-21-37-28(34)25-9-6-14-31-22-25)33-18-16-32(17-19-33)27(23-7-4-3-5-8-23)24-10-12-26(30)13-11-24/h3-14,22,27-28H,2,15-21H2,1H3. The van der Waals surface area contributed by atoms with E-state index in [2.05, 4.69) is 70.3 Å². The van der Waals surface area contributed by atoms with Crippen LogP contribution in [-0.4, -0.2) is 75.9 Å². The van der Waals surface area contributed by atoms with E-state index >= 15 is 0 Å². The average molecular weight is 536 g/mol. The second kappa shape index (κ2) is 12.3. The maximum Gasteiger partial charge on any atom is 0.335 e. The molecule has 194 valence electrons. The monoisotopic (exact) mass is 535 g/mol. The van der Waals surface area contributed by atoms with Crippen molar-refractivity contribution in [2.24, 2.45) is 0 Å². The Kier molecular flexibility index (Phi) is 8.66. The Morgan fingerprint density at radius 3 is 2.41 bits per heavy atom. The van der Waals surface area contributed by atoms with Crippen molar-refractivity contribution in [2.75, 3.05) is 45.0 Å². The zero-order chi connectivity index (χ0) is 25.6. The highest BCUT2D eigenvalue weighted by molar-refractivity contribution is 7.99. The lowest BCUT2D eigenvalue weighted by molar-refractivity contribution is -0.0398. The van der Waals surface area contributed by atoms with Gasteiger partial charge in [0, 0.05) is 68.0 Å². The van der Waals surface area contributed by atoms with Gasteiger partial charge in [-0.1, -0.05) is 67.1 Å². The lowest BCUT2D eigenvalue weighted by Gasteiger charge is -2.45. The molecule has 2 fully saturated rings. The summed E-state index contributed by atoms with van der Waals surface area (Å²) in [6.07, 6.45) is 4.58. The van der Waals surface area contributed by atoms with Crippen LogP contribution in [0.5, 0.6) is 0 Å². The molecule has 2 saturated heterocycles. The summed E-state index contributed by atoms with van der Waals surface area (Å²) in [6.45, 7) is 6.98. The van der Waals surface area contributed by atoms with Crippen molar-refractivity contribution < 1.29 is 4.79 Å². The molecule has 5 rings (SSSR count). The topological polar surface area (TPSA) is 42.9 Å². The summed E-state index contributed by atoms with van der Waals surface area (Å²) in [4.78, 5) is 22.7. The van der Waals surface area contributed by atoms with Gasteiger partial charge in [0.25, 0.3) is 0 Å². The van der Waals surface area contributed by atoms with Gasteiger partial charge in [-0.25, -0.2) is 9.80 Å². The number of rotatable bonds is 7. The first kappa shape index (κ1) is 26.0. The van der Waals surface area contributed by atoms with Crippen LogP contribution in [0.3, 0.4) is 0 Å². The summed E-state index contributed by atoms with van der Waals surface area (Å²) in [5.74, 6) is 0.943. The summed E-state index contributed by atoms with van der Waals surface area (Å²) in [5.41, 5.74) is 3.60. The number of carbonyl (C=O) groups excluding carboxylic acids is 1. The molecule has 0 bridgehead atoms. The van der Waals surface area contributed by atoms with E-state index in [1.165, 1.54) is 11.1 Å². The van der Waals surface area contributed by atoms with Crippen LogP contribution in [-0.2, 0) is 0 Å². The van der Waals surface area contributed by atoms with Crippen molar-refractivity contribution in [3.05, 3.63) is 101 Å². The first-order valence-corrected chi connectivity index (χ1v) is 14.5. The molecule has 2 amide bonds. The van der Waals surface area contributed by atoms with E-state index in [-0.39, 0.29) is 17.4 Å². The molecule has 2 atom stereocenters. The van der Waals surface area contributed by atoms with Gasteiger partial charge in [-0.2, -0.15) is 0 Å². The highest BCUT2D eigenvalue weighted by Gasteiger charge is 2.37. The number of hydrazine groups is 1. The fraction of sp³-hybridized carbons (Fsp3) is 0.379. The molecule has 6 nitrogen and oxygen atoms in total. The summed E-state index contributed by atoms with van der Waals surface area (Å²) in [6, 6.07) is 23.1. The Balaban J connectivity index is 1.31. The number of pyridine rings is 1. The third kappa shape index (κ3) is 5.96. The van der Waals surface area contributed by atoms with Crippen molar-refractivity contribution in [2.45, 2.75) is 24.8 Å². The van der Waals surface area contributed by atoms with Crippen molar-refractivity contribution in [1.82, 2.24) is 24.8 Å². The zero-order valence-electron chi connectivity index (χ0n) is 21.2. The fourth-order valence-corrected chi connectivity index (χ4v) is 6.65. The SMILES string of the molecule is CCCN(C(=O)N1CCSC1c1cccnc1)N1CCN(C(c2ccccc2)c2ccc(Cl)cc2)CC1. The number of amides is 2. The smallest absolute Gasteiger partial charge is 0.307 e. The molecule has 0 saturated carbocycles. The van der Waals surface area contributed by atoms with Gasteiger partial charge in [0.1, 0.15) is 5.37 Å². The number of halogens is 1. The first-order valence-electron chi connectivity index (χ1n) is 13.0. The molecule has 0 spiro atoms. The summed E-state index contributed by atoms with van der Waals surface area (Å²) in [7, 11) is 0. The number of benzene rings is 2. The number of hydrogen-bond acceptors (Lipinski definition) is 5. The van der Waals surface area contributed by atoms with Gasteiger partial charge in [-0.15, -0.1) is 11.8 Å². The highest BCUT2D eigenvalue weighted by atomic mass is 35.5. The van der Waals surface area contributed by atoms with Crippen molar-refractivity contribution in [1.29, 1.82) is 0 Å². The fourth-order valence-electron chi connectivity index (χ4n) is 5.29. The minimum absolute atomic E-state index is 0.0224. The van der Waals surface area contributed by atoms with Crippen LogP contribution in [0.15, 0.2) is 79.1 Å². The Morgan fingerprint density at radius 1 is 1.00 bits per heavy atom. The molecule has 3 heterocycles. The van der Waals surface area contributed by atoms with Crippen molar-refractivity contribution in [3.63, 3.8) is 0 Å². The lowest BCUT2D eigenvalue weighted by atomic mass is 9.96. The van der Waals surface area contributed by atoms with Gasteiger partial charge in [-0.3, -0.25) is 14.9 Å². The number of aromatic nitrogens is 1. The van der Waals surface area contributed by atoms with Crippen LogP contribution >= 0.6 is 23.4 Å². The Bertz CT molecular complexity index is 1140. The molecule has 8 heteroatoms. The third-order valence-electron chi connectivity index (χ3n) is 7.06. The summed E-state index contributed by atoms with van der Waals surface area (Å²) < 4.78 is 0. The zero-order valence-corrected chi connectivity index (χ0v) is 22.8. The molecule has 2 aliphatic rings. The molecule has 2 aromatic carbocycles. The number of thioether (sulfide) groups is 1. The summed E-state index contributed by atoms with van der Waals surface area (Å²) >= 11 is 8.01. The van der Waals surface area contributed by atoms with Crippen molar-refractivity contribution >= 4 is 29.4 Å². The number of carbonyl (C=O) groups is 1.